The molecule has 10 heteroatoms. The first-order valence-electron chi connectivity index (χ1n) is 12.8. The second-order valence-corrected chi connectivity index (χ2v) is 10.7. The number of hydrogen-bond donors (Lipinski definition) is 3. The first-order chi connectivity index (χ1) is 19.4. The van der Waals surface area contributed by atoms with Crippen LogP contribution in [0.2, 0.25) is 5.02 Å². The number of anilines is 2. The Morgan fingerprint density at radius 1 is 1.00 bits per heavy atom. The Morgan fingerprint density at radius 2 is 1.77 bits per heavy atom. The van der Waals surface area contributed by atoms with Crippen molar-refractivity contribution in [1.82, 2.24) is 10.3 Å². The molecule has 1 spiro atoms. The third kappa shape index (κ3) is 3.19. The molecule has 0 bridgehead atoms. The number of carbonyl (C=O) groups is 4. The minimum Gasteiger partial charge on any atom is -0.465 e. The van der Waals surface area contributed by atoms with Gasteiger partial charge in [0, 0.05) is 28.7 Å². The van der Waals surface area contributed by atoms with Crippen molar-refractivity contribution in [2.75, 3.05) is 17.3 Å². The lowest BCUT2D eigenvalue weighted by molar-refractivity contribution is -0.130. The number of nitrogens with zero attached hydrogens (tertiary/aromatic N) is 1. The molecule has 4 heterocycles. The molecule has 0 saturated carbocycles. The number of rotatable bonds is 4. The summed E-state index contributed by atoms with van der Waals surface area (Å²) in [5.74, 6) is -4.13. The van der Waals surface area contributed by atoms with Gasteiger partial charge in [-0.1, -0.05) is 54.1 Å². The maximum absolute atomic E-state index is 14.3. The van der Waals surface area contributed by atoms with Crippen molar-refractivity contribution in [2.45, 2.75) is 18.0 Å². The standard InChI is InChI=1S/C30H23ClN4O5/c1-40-28(38)17-8-3-5-12-22(17)35-26(36)23-21(13-15-14-32-20-11-4-2-7-16(15)20)34-30(24(23)27(35)37)18-9-6-10-19(31)25(18)33-29(30)39/h2-12,14,21,23-24,32,34H,13H2,1H3,(H,33,39)/t21-,23+,24+,30+/m0/s1. The number of imide groups is 1. The third-order valence-corrected chi connectivity index (χ3v) is 8.68. The molecule has 7 rings (SSSR count). The van der Waals surface area contributed by atoms with E-state index in [-0.39, 0.29) is 11.3 Å². The molecule has 1 aromatic heterocycles. The third-order valence-electron chi connectivity index (χ3n) is 8.36. The van der Waals surface area contributed by atoms with E-state index >= 15 is 0 Å². The Labute approximate surface area is 233 Å². The van der Waals surface area contributed by atoms with Crippen molar-refractivity contribution in [3.8, 4) is 0 Å². The van der Waals surface area contributed by atoms with Crippen molar-refractivity contribution in [2.24, 2.45) is 11.8 Å². The van der Waals surface area contributed by atoms with E-state index in [1.165, 1.54) is 19.2 Å². The molecule has 3 aromatic carbocycles. The van der Waals surface area contributed by atoms with E-state index in [0.29, 0.717) is 22.7 Å². The molecule has 4 aromatic rings. The second kappa shape index (κ2) is 8.77. The van der Waals surface area contributed by atoms with E-state index in [0.717, 1.165) is 21.4 Å². The SMILES string of the molecule is COC(=O)c1ccccc1N1C(=O)[C@@H]2[C@H](Cc3c[nH]c4ccccc34)N[C@@]3(C(=O)Nc4c(Cl)cccc43)[C@H]2C1=O. The van der Waals surface area contributed by atoms with Gasteiger partial charge in [-0.15, -0.1) is 0 Å². The molecule has 200 valence electrons. The number of methoxy groups -OCH3 is 1. The molecular weight excluding hydrogens is 532 g/mol. The Bertz CT molecular complexity index is 1770. The lowest BCUT2D eigenvalue weighted by Crippen LogP contribution is -2.53. The van der Waals surface area contributed by atoms with Crippen molar-refractivity contribution < 1.29 is 23.9 Å². The predicted octanol–water partition coefficient (Wildman–Crippen LogP) is 3.78. The predicted molar refractivity (Wildman–Crippen MR) is 148 cm³/mol. The number of carbonyl (C=O) groups excluding carboxylic acids is 4. The molecule has 3 aliphatic heterocycles. The Kier molecular flexibility index (Phi) is 5.39. The quantitative estimate of drug-likeness (QED) is 0.261. The zero-order valence-electron chi connectivity index (χ0n) is 21.2. The minimum absolute atomic E-state index is 0.0844. The lowest BCUT2D eigenvalue weighted by atomic mass is 9.76. The molecule has 3 amide bonds. The van der Waals surface area contributed by atoms with Crippen LogP contribution in [0.3, 0.4) is 0 Å². The van der Waals surface area contributed by atoms with Gasteiger partial charge in [0.05, 0.1) is 40.9 Å². The van der Waals surface area contributed by atoms with E-state index in [1.807, 2.05) is 30.5 Å². The molecule has 3 N–H and O–H groups in total. The van der Waals surface area contributed by atoms with Crippen LogP contribution in [0.25, 0.3) is 10.9 Å². The number of esters is 1. The van der Waals surface area contributed by atoms with Gasteiger partial charge in [0.2, 0.25) is 17.7 Å². The van der Waals surface area contributed by atoms with Gasteiger partial charge in [-0.2, -0.15) is 0 Å². The zero-order valence-corrected chi connectivity index (χ0v) is 22.0. The summed E-state index contributed by atoms with van der Waals surface area (Å²) in [4.78, 5) is 59.3. The van der Waals surface area contributed by atoms with Gasteiger partial charge >= 0.3 is 5.97 Å². The number of halogens is 1. The molecule has 0 unspecified atom stereocenters. The van der Waals surface area contributed by atoms with Gasteiger partial charge in [0.25, 0.3) is 0 Å². The number of para-hydroxylation sites is 3. The van der Waals surface area contributed by atoms with Crippen LogP contribution in [0.4, 0.5) is 11.4 Å². The largest absolute Gasteiger partial charge is 0.465 e. The molecular formula is C30H23ClN4O5. The number of aromatic amines is 1. The van der Waals surface area contributed by atoms with Crippen molar-refractivity contribution in [3.63, 3.8) is 0 Å². The van der Waals surface area contributed by atoms with Gasteiger partial charge in [-0.05, 0) is 36.2 Å². The van der Waals surface area contributed by atoms with Crippen LogP contribution in [-0.4, -0.2) is 41.8 Å². The van der Waals surface area contributed by atoms with E-state index in [9.17, 15) is 19.2 Å². The van der Waals surface area contributed by atoms with Gasteiger partial charge in [-0.25, -0.2) is 9.69 Å². The average Bonchev–Trinajstić information content (AvgIpc) is 3.68. The van der Waals surface area contributed by atoms with E-state index in [4.69, 9.17) is 16.3 Å². The number of benzene rings is 3. The van der Waals surface area contributed by atoms with E-state index in [2.05, 4.69) is 15.6 Å². The van der Waals surface area contributed by atoms with E-state index in [1.54, 1.807) is 30.3 Å². The molecule has 9 nitrogen and oxygen atoms in total. The fourth-order valence-corrected chi connectivity index (χ4v) is 6.92. The van der Waals surface area contributed by atoms with Gasteiger partial charge in [0.15, 0.2) is 0 Å². The molecule has 0 radical (unpaired) electrons. The molecule has 2 fully saturated rings. The van der Waals surface area contributed by atoms with Crippen LogP contribution in [0, 0.1) is 11.8 Å². The number of nitrogens with one attached hydrogen (secondary N) is 3. The zero-order chi connectivity index (χ0) is 27.8. The Hall–Kier alpha value is -4.47. The first kappa shape index (κ1) is 24.6. The summed E-state index contributed by atoms with van der Waals surface area (Å²) in [6.45, 7) is 0. The fraction of sp³-hybridized carbons (Fsp3) is 0.200. The van der Waals surface area contributed by atoms with Crippen LogP contribution < -0.4 is 15.5 Å². The minimum atomic E-state index is -1.52. The van der Waals surface area contributed by atoms with Crippen molar-refractivity contribution in [3.05, 3.63) is 94.6 Å². The van der Waals surface area contributed by atoms with Gasteiger partial charge < -0.3 is 15.0 Å². The average molecular weight is 555 g/mol. The summed E-state index contributed by atoms with van der Waals surface area (Å²) in [7, 11) is 1.24. The summed E-state index contributed by atoms with van der Waals surface area (Å²) >= 11 is 6.46. The number of H-pyrrole nitrogens is 1. The summed E-state index contributed by atoms with van der Waals surface area (Å²) in [6, 6.07) is 18.7. The lowest BCUT2D eigenvalue weighted by Gasteiger charge is -2.30. The first-order valence-corrected chi connectivity index (χ1v) is 13.2. The number of ether oxygens (including phenoxy) is 1. The highest BCUT2D eigenvalue weighted by Gasteiger charge is 2.71. The summed E-state index contributed by atoms with van der Waals surface area (Å²) < 4.78 is 4.92. The van der Waals surface area contributed by atoms with Gasteiger partial charge in [0.1, 0.15) is 5.54 Å². The van der Waals surface area contributed by atoms with Crippen LogP contribution in [-0.2, 0) is 31.1 Å². The van der Waals surface area contributed by atoms with Crippen LogP contribution >= 0.6 is 11.6 Å². The number of amides is 3. The Morgan fingerprint density at radius 3 is 2.60 bits per heavy atom. The normalized spacial score (nSPS) is 25.0. The maximum Gasteiger partial charge on any atom is 0.339 e. The van der Waals surface area contributed by atoms with Crippen molar-refractivity contribution in [1.29, 1.82) is 0 Å². The van der Waals surface area contributed by atoms with Crippen LogP contribution in [0.5, 0.6) is 0 Å². The fourth-order valence-electron chi connectivity index (χ4n) is 6.69. The maximum atomic E-state index is 14.3. The highest BCUT2D eigenvalue weighted by molar-refractivity contribution is 6.35. The highest BCUT2D eigenvalue weighted by Crippen LogP contribution is 2.55. The van der Waals surface area contributed by atoms with Crippen LogP contribution in [0.1, 0.15) is 21.5 Å². The molecule has 40 heavy (non-hydrogen) atoms. The number of fused-ring (bicyclic) bond motifs is 5. The van der Waals surface area contributed by atoms with Gasteiger partial charge in [-0.3, -0.25) is 19.7 Å². The Balaban J connectivity index is 1.40. The smallest absolute Gasteiger partial charge is 0.339 e. The highest BCUT2D eigenvalue weighted by atomic mass is 35.5. The molecule has 4 atom stereocenters. The second-order valence-electron chi connectivity index (χ2n) is 10.3. The summed E-state index contributed by atoms with van der Waals surface area (Å²) in [5, 5.41) is 7.62. The monoisotopic (exact) mass is 554 g/mol. The summed E-state index contributed by atoms with van der Waals surface area (Å²) in [6.07, 6.45) is 2.26. The van der Waals surface area contributed by atoms with Crippen LogP contribution in [0.15, 0.2) is 72.9 Å². The topological polar surface area (TPSA) is 121 Å². The van der Waals surface area contributed by atoms with Crippen molar-refractivity contribution >= 4 is 57.6 Å². The summed E-state index contributed by atoms with van der Waals surface area (Å²) in [5.41, 5.74) is 1.52. The molecule has 0 aliphatic carbocycles. The number of hydrogen-bond acceptors (Lipinski definition) is 6. The van der Waals surface area contributed by atoms with E-state index < -0.39 is 47.1 Å². The molecule has 3 aliphatic rings. The molecule has 2 saturated heterocycles. The number of aromatic nitrogens is 1.